The van der Waals surface area contributed by atoms with Gasteiger partial charge in [0.15, 0.2) is 0 Å². The van der Waals surface area contributed by atoms with E-state index in [-0.39, 0.29) is 0 Å². The minimum atomic E-state index is 0.615. The van der Waals surface area contributed by atoms with E-state index in [9.17, 15) is 0 Å². The number of nitrogens with two attached hydrogens (primary N) is 1. The van der Waals surface area contributed by atoms with Gasteiger partial charge in [0.05, 0.1) is 17.4 Å². The van der Waals surface area contributed by atoms with Crippen molar-refractivity contribution < 1.29 is 0 Å². The van der Waals surface area contributed by atoms with E-state index in [0.717, 1.165) is 19.5 Å². The van der Waals surface area contributed by atoms with Crippen LogP contribution in [0.1, 0.15) is 48.7 Å². The first-order chi connectivity index (χ1) is 8.29. The molecular weight excluding hydrogens is 212 g/mol. The molecule has 1 aromatic rings. The lowest BCUT2D eigenvalue weighted by Gasteiger charge is -2.21. The van der Waals surface area contributed by atoms with Crippen LogP contribution in [0.5, 0.6) is 0 Å². The molecule has 0 bridgehead atoms. The molecule has 1 fully saturated rings. The van der Waals surface area contributed by atoms with Gasteiger partial charge >= 0.3 is 0 Å². The molecule has 0 spiro atoms. The molecule has 17 heavy (non-hydrogen) atoms. The standard InChI is InChI=1S/C13H22N4/c1-16-7-6-11-12(9-16)15-17(13(11)8-14)10-4-2-3-5-10/h10H,2-9,14H2,1H3. The summed E-state index contributed by atoms with van der Waals surface area (Å²) in [7, 11) is 2.17. The van der Waals surface area contributed by atoms with Gasteiger partial charge < -0.3 is 10.6 Å². The molecule has 94 valence electrons. The molecule has 1 saturated carbocycles. The van der Waals surface area contributed by atoms with E-state index in [1.807, 2.05) is 0 Å². The van der Waals surface area contributed by atoms with E-state index in [2.05, 4.69) is 16.6 Å². The van der Waals surface area contributed by atoms with Crippen LogP contribution in [-0.2, 0) is 19.5 Å². The van der Waals surface area contributed by atoms with Gasteiger partial charge in [-0.05, 0) is 26.3 Å². The molecule has 0 aromatic carbocycles. The predicted octanol–water partition coefficient (Wildman–Crippen LogP) is 1.44. The smallest absolute Gasteiger partial charge is 0.0800 e. The zero-order valence-corrected chi connectivity index (χ0v) is 10.7. The van der Waals surface area contributed by atoms with Gasteiger partial charge in [-0.25, -0.2) is 0 Å². The minimum absolute atomic E-state index is 0.615. The molecule has 2 aliphatic rings. The summed E-state index contributed by atoms with van der Waals surface area (Å²) in [5.41, 5.74) is 9.96. The Hall–Kier alpha value is -0.870. The summed E-state index contributed by atoms with van der Waals surface area (Å²) in [6.45, 7) is 2.76. The van der Waals surface area contributed by atoms with Crippen molar-refractivity contribution in [1.82, 2.24) is 14.7 Å². The Morgan fingerprint density at radius 3 is 2.82 bits per heavy atom. The summed E-state index contributed by atoms with van der Waals surface area (Å²) in [4.78, 5) is 2.34. The van der Waals surface area contributed by atoms with Crippen LogP contribution in [0.25, 0.3) is 0 Å². The Bertz CT molecular complexity index is 404. The number of fused-ring (bicyclic) bond motifs is 1. The number of nitrogens with zero attached hydrogens (tertiary/aromatic N) is 3. The highest BCUT2D eigenvalue weighted by Crippen LogP contribution is 2.32. The second-order valence-corrected chi connectivity index (χ2v) is 5.45. The monoisotopic (exact) mass is 234 g/mol. The molecule has 0 atom stereocenters. The van der Waals surface area contributed by atoms with Gasteiger partial charge in [-0.2, -0.15) is 5.10 Å². The van der Waals surface area contributed by atoms with Crippen molar-refractivity contribution in [2.75, 3.05) is 13.6 Å². The SMILES string of the molecule is CN1CCc2c(nn(C3CCCC3)c2CN)C1. The third kappa shape index (κ3) is 1.89. The molecule has 0 unspecified atom stereocenters. The van der Waals surface area contributed by atoms with Crippen LogP contribution in [-0.4, -0.2) is 28.3 Å². The zero-order valence-electron chi connectivity index (χ0n) is 10.7. The third-order valence-corrected chi connectivity index (χ3v) is 4.23. The highest BCUT2D eigenvalue weighted by atomic mass is 15.3. The average Bonchev–Trinajstić information content (AvgIpc) is 2.94. The largest absolute Gasteiger partial charge is 0.325 e. The van der Waals surface area contributed by atoms with Gasteiger partial charge in [-0.15, -0.1) is 0 Å². The van der Waals surface area contributed by atoms with Crippen molar-refractivity contribution >= 4 is 0 Å². The molecule has 2 heterocycles. The molecule has 2 N–H and O–H groups in total. The third-order valence-electron chi connectivity index (χ3n) is 4.23. The van der Waals surface area contributed by atoms with Crippen molar-refractivity contribution in [3.05, 3.63) is 17.0 Å². The molecule has 0 amide bonds. The van der Waals surface area contributed by atoms with E-state index in [1.54, 1.807) is 0 Å². The van der Waals surface area contributed by atoms with E-state index in [4.69, 9.17) is 10.8 Å². The summed E-state index contributed by atoms with van der Waals surface area (Å²) in [5, 5.41) is 4.85. The first-order valence-electron chi connectivity index (χ1n) is 6.77. The highest BCUT2D eigenvalue weighted by Gasteiger charge is 2.26. The fraction of sp³-hybridized carbons (Fsp3) is 0.769. The number of hydrogen-bond acceptors (Lipinski definition) is 3. The molecule has 1 aliphatic heterocycles. The Labute approximate surface area is 103 Å². The van der Waals surface area contributed by atoms with Crippen molar-refractivity contribution in [2.24, 2.45) is 5.73 Å². The summed E-state index contributed by atoms with van der Waals surface area (Å²) in [6, 6.07) is 0.615. The van der Waals surface area contributed by atoms with Gasteiger partial charge in [-0.3, -0.25) is 4.68 Å². The van der Waals surface area contributed by atoms with Crippen molar-refractivity contribution in [2.45, 2.75) is 51.2 Å². The van der Waals surface area contributed by atoms with Crippen LogP contribution >= 0.6 is 0 Å². The van der Waals surface area contributed by atoms with E-state index < -0.39 is 0 Å². The average molecular weight is 234 g/mol. The zero-order chi connectivity index (χ0) is 11.8. The Balaban J connectivity index is 1.98. The molecule has 3 rings (SSSR count). The van der Waals surface area contributed by atoms with Gasteiger partial charge in [0.25, 0.3) is 0 Å². The predicted molar refractivity (Wildman–Crippen MR) is 67.7 cm³/mol. The van der Waals surface area contributed by atoms with Crippen LogP contribution in [0, 0.1) is 0 Å². The lowest BCUT2D eigenvalue weighted by Crippen LogP contribution is -2.26. The highest BCUT2D eigenvalue weighted by molar-refractivity contribution is 5.29. The van der Waals surface area contributed by atoms with Gasteiger partial charge in [-0.1, -0.05) is 12.8 Å². The molecule has 0 radical (unpaired) electrons. The van der Waals surface area contributed by atoms with Crippen molar-refractivity contribution in [1.29, 1.82) is 0 Å². The first-order valence-corrected chi connectivity index (χ1v) is 6.77. The molecule has 1 aromatic heterocycles. The molecule has 1 aliphatic carbocycles. The lowest BCUT2D eigenvalue weighted by atomic mass is 10.0. The Morgan fingerprint density at radius 1 is 1.35 bits per heavy atom. The van der Waals surface area contributed by atoms with E-state index >= 15 is 0 Å². The normalized spacial score (nSPS) is 22.0. The minimum Gasteiger partial charge on any atom is -0.325 e. The number of rotatable bonds is 2. The van der Waals surface area contributed by atoms with Crippen LogP contribution in [0.3, 0.4) is 0 Å². The second kappa shape index (κ2) is 4.42. The maximum Gasteiger partial charge on any atom is 0.0800 e. The summed E-state index contributed by atoms with van der Waals surface area (Å²) in [5.74, 6) is 0. The number of hydrogen-bond donors (Lipinski definition) is 1. The molecule has 4 heteroatoms. The number of likely N-dealkylation sites (N-methyl/N-ethyl adjacent to an activating group) is 1. The van der Waals surface area contributed by atoms with Crippen LogP contribution in [0.2, 0.25) is 0 Å². The maximum absolute atomic E-state index is 5.95. The molecule has 0 saturated heterocycles. The van der Waals surface area contributed by atoms with Gasteiger partial charge in [0.2, 0.25) is 0 Å². The van der Waals surface area contributed by atoms with Crippen molar-refractivity contribution in [3.63, 3.8) is 0 Å². The van der Waals surface area contributed by atoms with Crippen LogP contribution in [0.15, 0.2) is 0 Å². The molecule has 4 nitrogen and oxygen atoms in total. The quantitative estimate of drug-likeness (QED) is 0.842. The maximum atomic E-state index is 5.95. The lowest BCUT2D eigenvalue weighted by molar-refractivity contribution is 0.307. The molecular formula is C13H22N4. The van der Waals surface area contributed by atoms with Gasteiger partial charge in [0.1, 0.15) is 0 Å². The first kappa shape index (κ1) is 11.2. The fourth-order valence-electron chi connectivity index (χ4n) is 3.28. The van der Waals surface area contributed by atoms with Gasteiger partial charge in [0, 0.05) is 25.2 Å². The van der Waals surface area contributed by atoms with Crippen LogP contribution in [0.4, 0.5) is 0 Å². The summed E-state index contributed by atoms with van der Waals surface area (Å²) >= 11 is 0. The van der Waals surface area contributed by atoms with Crippen molar-refractivity contribution in [3.8, 4) is 0 Å². The summed E-state index contributed by atoms with van der Waals surface area (Å²) < 4.78 is 2.26. The van der Waals surface area contributed by atoms with E-state index in [0.29, 0.717) is 12.6 Å². The fourth-order valence-corrected chi connectivity index (χ4v) is 3.28. The number of aromatic nitrogens is 2. The van der Waals surface area contributed by atoms with Crippen LogP contribution < -0.4 is 5.73 Å². The second-order valence-electron chi connectivity index (χ2n) is 5.45. The Morgan fingerprint density at radius 2 is 2.12 bits per heavy atom. The Kier molecular flexibility index (Phi) is 2.92. The van der Waals surface area contributed by atoms with E-state index in [1.165, 1.54) is 42.6 Å². The summed E-state index contributed by atoms with van der Waals surface area (Å²) in [6.07, 6.45) is 6.37. The topological polar surface area (TPSA) is 47.1 Å².